The Morgan fingerprint density at radius 3 is 2.42 bits per heavy atom. The van der Waals surface area contributed by atoms with Crippen molar-refractivity contribution in [1.82, 2.24) is 10.2 Å². The summed E-state index contributed by atoms with van der Waals surface area (Å²) in [5.41, 5.74) is -0.208. The van der Waals surface area contributed by atoms with E-state index in [1.807, 2.05) is 18.7 Å². The van der Waals surface area contributed by atoms with Crippen LogP contribution in [-0.4, -0.2) is 34.3 Å². The Morgan fingerprint density at radius 1 is 1.37 bits per heavy atom. The molecule has 1 aliphatic heterocycles. The molecule has 2 rings (SSSR count). The van der Waals surface area contributed by atoms with E-state index in [1.54, 1.807) is 0 Å². The lowest BCUT2D eigenvalue weighted by molar-refractivity contribution is -0.157. The van der Waals surface area contributed by atoms with Crippen molar-refractivity contribution in [3.8, 4) is 0 Å². The Morgan fingerprint density at radius 2 is 1.95 bits per heavy atom. The molecule has 1 N–H and O–H groups in total. The molecule has 3 unspecified atom stereocenters. The zero-order valence-electron chi connectivity index (χ0n) is 12.7. The fourth-order valence-electron chi connectivity index (χ4n) is 3.18. The highest BCUT2D eigenvalue weighted by Gasteiger charge is 2.51. The minimum Gasteiger partial charge on any atom is -0.342 e. The second-order valence-corrected chi connectivity index (χ2v) is 6.68. The molecule has 1 saturated heterocycles. The first-order valence-corrected chi connectivity index (χ1v) is 7.44. The van der Waals surface area contributed by atoms with Crippen LogP contribution in [-0.2, 0) is 9.59 Å². The topological polar surface area (TPSA) is 49.4 Å². The highest BCUT2D eigenvalue weighted by atomic mass is 16.2. The third-order valence-corrected chi connectivity index (χ3v) is 4.98. The van der Waals surface area contributed by atoms with Crippen molar-refractivity contribution < 1.29 is 9.59 Å². The summed E-state index contributed by atoms with van der Waals surface area (Å²) < 4.78 is 0. The van der Waals surface area contributed by atoms with Gasteiger partial charge in [-0.1, -0.05) is 20.3 Å². The van der Waals surface area contributed by atoms with E-state index in [2.05, 4.69) is 26.1 Å². The van der Waals surface area contributed by atoms with Crippen LogP contribution in [0.1, 0.15) is 53.9 Å². The van der Waals surface area contributed by atoms with Crippen molar-refractivity contribution in [2.24, 2.45) is 11.8 Å². The van der Waals surface area contributed by atoms with Gasteiger partial charge in [0.2, 0.25) is 11.8 Å². The van der Waals surface area contributed by atoms with Crippen molar-refractivity contribution in [3.05, 3.63) is 0 Å². The molecule has 1 heterocycles. The molecule has 0 aromatic carbocycles. The first-order chi connectivity index (χ1) is 8.80. The highest BCUT2D eigenvalue weighted by molar-refractivity contribution is 5.97. The fraction of sp³-hybridized carbons (Fsp3) is 0.867. The van der Waals surface area contributed by atoms with Crippen molar-refractivity contribution in [2.45, 2.75) is 71.5 Å². The number of rotatable bonds is 4. The number of nitrogens with zero attached hydrogens (tertiary/aromatic N) is 1. The van der Waals surface area contributed by atoms with Gasteiger partial charge in [-0.05, 0) is 45.4 Å². The van der Waals surface area contributed by atoms with Crippen molar-refractivity contribution in [3.63, 3.8) is 0 Å². The first-order valence-electron chi connectivity index (χ1n) is 7.44. The molecule has 1 aliphatic carbocycles. The molecule has 19 heavy (non-hydrogen) atoms. The Bertz CT molecular complexity index is 388. The number of carbonyl (C=O) groups excluding carboxylic acids is 2. The van der Waals surface area contributed by atoms with Crippen LogP contribution in [0.2, 0.25) is 0 Å². The zero-order chi connectivity index (χ0) is 14.4. The molecule has 4 heteroatoms. The largest absolute Gasteiger partial charge is 0.342 e. The Kier molecular flexibility index (Phi) is 3.63. The van der Waals surface area contributed by atoms with Crippen LogP contribution < -0.4 is 5.32 Å². The number of nitrogens with one attached hydrogen (secondary N) is 1. The van der Waals surface area contributed by atoms with E-state index in [4.69, 9.17) is 0 Å². The lowest BCUT2D eigenvalue weighted by Crippen LogP contribution is -2.69. The summed E-state index contributed by atoms with van der Waals surface area (Å²) in [6.07, 6.45) is 3.22. The van der Waals surface area contributed by atoms with Crippen LogP contribution in [0.4, 0.5) is 0 Å². The van der Waals surface area contributed by atoms with Crippen LogP contribution in [0.25, 0.3) is 0 Å². The lowest BCUT2D eigenvalue weighted by atomic mass is 9.88. The van der Waals surface area contributed by atoms with E-state index in [0.29, 0.717) is 5.92 Å². The fourth-order valence-corrected chi connectivity index (χ4v) is 3.18. The molecule has 0 spiro atoms. The predicted molar refractivity (Wildman–Crippen MR) is 74.5 cm³/mol. The molecular weight excluding hydrogens is 240 g/mol. The molecule has 4 nitrogen and oxygen atoms in total. The normalized spacial score (nSPS) is 30.3. The molecular formula is C15H26N2O2. The van der Waals surface area contributed by atoms with Crippen molar-refractivity contribution >= 4 is 11.8 Å². The number of hydrogen-bond donors (Lipinski definition) is 1. The van der Waals surface area contributed by atoms with E-state index in [-0.39, 0.29) is 35.4 Å². The summed E-state index contributed by atoms with van der Waals surface area (Å²) in [4.78, 5) is 26.8. The molecule has 108 valence electrons. The molecule has 0 aromatic heterocycles. The Labute approximate surface area is 115 Å². The Hall–Kier alpha value is -1.06. The van der Waals surface area contributed by atoms with Gasteiger partial charge in [-0.15, -0.1) is 0 Å². The maximum Gasteiger partial charge on any atom is 0.246 e. The van der Waals surface area contributed by atoms with Crippen molar-refractivity contribution in [1.29, 1.82) is 0 Å². The monoisotopic (exact) mass is 266 g/mol. The molecule has 3 atom stereocenters. The average molecular weight is 266 g/mol. The molecule has 2 aliphatic rings. The molecule has 1 saturated carbocycles. The smallest absolute Gasteiger partial charge is 0.246 e. The van der Waals surface area contributed by atoms with Crippen LogP contribution >= 0.6 is 0 Å². The molecule has 2 fully saturated rings. The third-order valence-electron chi connectivity index (χ3n) is 4.98. The van der Waals surface area contributed by atoms with Gasteiger partial charge in [0.15, 0.2) is 0 Å². The quantitative estimate of drug-likeness (QED) is 0.845. The maximum atomic E-state index is 12.8. The minimum atomic E-state index is -0.358. The van der Waals surface area contributed by atoms with Gasteiger partial charge in [0.1, 0.15) is 12.1 Å². The van der Waals surface area contributed by atoms with Crippen LogP contribution in [0.3, 0.4) is 0 Å². The molecule has 0 bridgehead atoms. The standard InChI is InChI=1S/C15H26N2O2/c1-6-9(2)12-14(19)17(10(3)13(18)16-12)15(4,5)11-7-8-11/h9-12H,6-8H2,1-5H3,(H,16,18). The maximum absolute atomic E-state index is 12.8. The van der Waals surface area contributed by atoms with E-state index in [1.165, 1.54) is 12.8 Å². The molecule has 2 amide bonds. The first kappa shape index (κ1) is 14.4. The third kappa shape index (κ3) is 2.37. The summed E-state index contributed by atoms with van der Waals surface area (Å²) in [5, 5.41) is 2.90. The summed E-state index contributed by atoms with van der Waals surface area (Å²) >= 11 is 0. The number of piperazine rings is 1. The Balaban J connectivity index is 2.28. The lowest BCUT2D eigenvalue weighted by Gasteiger charge is -2.48. The van der Waals surface area contributed by atoms with Gasteiger partial charge < -0.3 is 10.2 Å². The van der Waals surface area contributed by atoms with Crippen LogP contribution in [0, 0.1) is 11.8 Å². The number of hydrogen-bond acceptors (Lipinski definition) is 2. The van der Waals surface area contributed by atoms with Gasteiger partial charge in [-0.2, -0.15) is 0 Å². The van der Waals surface area contributed by atoms with Gasteiger partial charge >= 0.3 is 0 Å². The van der Waals surface area contributed by atoms with Gasteiger partial charge in [-0.25, -0.2) is 0 Å². The summed E-state index contributed by atoms with van der Waals surface area (Å²) in [6.45, 7) is 10.1. The second kappa shape index (κ2) is 4.80. The molecule has 0 aromatic rings. The van der Waals surface area contributed by atoms with E-state index in [9.17, 15) is 9.59 Å². The summed E-state index contributed by atoms with van der Waals surface area (Å²) in [6, 6.07) is -0.713. The van der Waals surface area contributed by atoms with Gasteiger partial charge in [0, 0.05) is 5.54 Å². The summed E-state index contributed by atoms with van der Waals surface area (Å²) in [5.74, 6) is 0.806. The van der Waals surface area contributed by atoms with Crippen LogP contribution in [0.15, 0.2) is 0 Å². The van der Waals surface area contributed by atoms with E-state index >= 15 is 0 Å². The van der Waals surface area contributed by atoms with E-state index in [0.717, 1.165) is 6.42 Å². The predicted octanol–water partition coefficient (Wildman–Crippen LogP) is 1.94. The van der Waals surface area contributed by atoms with Gasteiger partial charge in [0.25, 0.3) is 0 Å². The minimum absolute atomic E-state index is 0.0152. The highest BCUT2D eigenvalue weighted by Crippen LogP contribution is 2.44. The summed E-state index contributed by atoms with van der Waals surface area (Å²) in [7, 11) is 0. The van der Waals surface area contributed by atoms with E-state index < -0.39 is 0 Å². The van der Waals surface area contributed by atoms with Gasteiger partial charge in [-0.3, -0.25) is 9.59 Å². The SMILES string of the molecule is CCC(C)C1NC(=O)C(C)N(C(C)(C)C2CC2)C1=O. The van der Waals surface area contributed by atoms with Crippen molar-refractivity contribution in [2.75, 3.05) is 0 Å². The second-order valence-electron chi connectivity index (χ2n) is 6.68. The van der Waals surface area contributed by atoms with Crippen LogP contribution in [0.5, 0.6) is 0 Å². The number of carbonyl (C=O) groups is 2. The average Bonchev–Trinajstić information content (AvgIpc) is 3.17. The van der Waals surface area contributed by atoms with Gasteiger partial charge in [0.05, 0.1) is 0 Å². The zero-order valence-corrected chi connectivity index (χ0v) is 12.7. The molecule has 0 radical (unpaired) electrons. The number of amides is 2.